The van der Waals surface area contributed by atoms with Gasteiger partial charge in [-0.3, -0.25) is 0 Å². The predicted octanol–water partition coefficient (Wildman–Crippen LogP) is 5.66. The Morgan fingerprint density at radius 1 is 1.06 bits per heavy atom. The van der Waals surface area contributed by atoms with E-state index in [0.29, 0.717) is 5.02 Å². The maximum atomic E-state index is 6.44. The average Bonchev–Trinajstić information content (AvgIpc) is 3.25. The standard InChI is InChI=1S/C25H24ClN3O2/c1-28(2)19-10-7-16(8-11-19)25-29-23(21-14-18(26)9-12-24(21)31-25)15-22(27-29)17-5-4-6-20(13-17)30-3/h4-14,23,25H,15H2,1-3H3/t23-,25+/m0/s1. The zero-order chi connectivity index (χ0) is 21.5. The normalized spacial score (nSPS) is 19.2. The summed E-state index contributed by atoms with van der Waals surface area (Å²) in [4.78, 5) is 2.08. The highest BCUT2D eigenvalue weighted by molar-refractivity contribution is 6.30. The van der Waals surface area contributed by atoms with Gasteiger partial charge in [0.1, 0.15) is 11.5 Å². The molecule has 3 aromatic rings. The van der Waals surface area contributed by atoms with Crippen LogP contribution in [-0.4, -0.2) is 31.9 Å². The smallest absolute Gasteiger partial charge is 0.213 e. The second-order valence-electron chi connectivity index (χ2n) is 8.02. The number of ether oxygens (including phenoxy) is 2. The van der Waals surface area contributed by atoms with Crippen LogP contribution in [0.3, 0.4) is 0 Å². The Balaban J connectivity index is 1.57. The molecule has 0 spiro atoms. The first kappa shape index (κ1) is 19.8. The van der Waals surface area contributed by atoms with Gasteiger partial charge in [-0.05, 0) is 42.5 Å². The molecule has 0 unspecified atom stereocenters. The number of nitrogens with zero attached hydrogens (tertiary/aromatic N) is 3. The van der Waals surface area contributed by atoms with E-state index in [1.807, 2.05) is 50.5 Å². The van der Waals surface area contributed by atoms with Crippen molar-refractivity contribution in [1.82, 2.24) is 5.01 Å². The number of hydrogen-bond donors (Lipinski definition) is 0. The van der Waals surface area contributed by atoms with E-state index in [1.165, 1.54) is 0 Å². The van der Waals surface area contributed by atoms with E-state index in [4.69, 9.17) is 26.2 Å². The van der Waals surface area contributed by atoms with Gasteiger partial charge in [0.05, 0.1) is 18.9 Å². The number of anilines is 1. The van der Waals surface area contributed by atoms with Crippen LogP contribution in [0.25, 0.3) is 0 Å². The molecule has 0 saturated carbocycles. The molecule has 0 aromatic heterocycles. The second kappa shape index (κ2) is 7.82. The largest absolute Gasteiger partial charge is 0.497 e. The topological polar surface area (TPSA) is 37.3 Å². The molecule has 0 fully saturated rings. The first-order chi connectivity index (χ1) is 15.0. The molecule has 3 aromatic carbocycles. The molecule has 6 heteroatoms. The molecule has 2 atom stereocenters. The number of methoxy groups -OCH3 is 1. The third-order valence-electron chi connectivity index (χ3n) is 5.85. The highest BCUT2D eigenvalue weighted by Gasteiger charge is 2.41. The minimum absolute atomic E-state index is 0.0576. The molecular weight excluding hydrogens is 410 g/mol. The first-order valence-electron chi connectivity index (χ1n) is 10.3. The SMILES string of the molecule is COc1cccc(C2=NN3[C@@H](c4ccc(N(C)C)cc4)Oc4ccc(Cl)cc4[C@@H]3C2)c1. The van der Waals surface area contributed by atoms with Crippen molar-refractivity contribution >= 4 is 23.0 Å². The van der Waals surface area contributed by atoms with Gasteiger partial charge >= 0.3 is 0 Å². The fourth-order valence-electron chi connectivity index (χ4n) is 4.19. The maximum Gasteiger partial charge on any atom is 0.213 e. The van der Waals surface area contributed by atoms with E-state index in [-0.39, 0.29) is 12.3 Å². The van der Waals surface area contributed by atoms with E-state index in [1.54, 1.807) is 7.11 Å². The number of fused-ring (bicyclic) bond motifs is 3. The monoisotopic (exact) mass is 433 g/mol. The lowest BCUT2D eigenvalue weighted by molar-refractivity contribution is -0.0190. The van der Waals surface area contributed by atoms with Gasteiger partial charge in [0, 0.05) is 47.9 Å². The Morgan fingerprint density at radius 2 is 1.87 bits per heavy atom. The van der Waals surface area contributed by atoms with Gasteiger partial charge in [0.25, 0.3) is 0 Å². The zero-order valence-corrected chi connectivity index (χ0v) is 18.5. The van der Waals surface area contributed by atoms with E-state index in [9.17, 15) is 0 Å². The first-order valence-corrected chi connectivity index (χ1v) is 10.6. The quantitative estimate of drug-likeness (QED) is 0.532. The Kier molecular flexibility index (Phi) is 4.98. The van der Waals surface area contributed by atoms with E-state index >= 15 is 0 Å². The van der Waals surface area contributed by atoms with Crippen LogP contribution in [0.5, 0.6) is 11.5 Å². The molecule has 5 rings (SSSR count). The van der Waals surface area contributed by atoms with Crippen LogP contribution in [0.1, 0.15) is 35.4 Å². The number of hydrazone groups is 1. The maximum absolute atomic E-state index is 6.44. The molecular formula is C25H24ClN3O2. The van der Waals surface area contributed by atoms with Gasteiger partial charge < -0.3 is 14.4 Å². The molecule has 0 aliphatic carbocycles. The molecule has 5 nitrogen and oxygen atoms in total. The molecule has 2 aliphatic heterocycles. The summed E-state index contributed by atoms with van der Waals surface area (Å²) in [5, 5.41) is 7.78. The third-order valence-corrected chi connectivity index (χ3v) is 6.08. The lowest BCUT2D eigenvalue weighted by Gasteiger charge is -2.38. The molecule has 2 aliphatic rings. The Bertz CT molecular complexity index is 1140. The van der Waals surface area contributed by atoms with Crippen LogP contribution in [0.4, 0.5) is 5.69 Å². The summed E-state index contributed by atoms with van der Waals surface area (Å²) in [6.07, 6.45) is 0.467. The van der Waals surface area contributed by atoms with Crippen molar-refractivity contribution in [3.8, 4) is 11.5 Å². The van der Waals surface area contributed by atoms with Crippen LogP contribution in [0.2, 0.25) is 5.02 Å². The van der Waals surface area contributed by atoms with Gasteiger partial charge in [-0.1, -0.05) is 35.9 Å². The van der Waals surface area contributed by atoms with Crippen LogP contribution < -0.4 is 14.4 Å². The highest BCUT2D eigenvalue weighted by atomic mass is 35.5. The zero-order valence-electron chi connectivity index (χ0n) is 17.7. The van der Waals surface area contributed by atoms with Crippen molar-refractivity contribution < 1.29 is 9.47 Å². The highest BCUT2D eigenvalue weighted by Crippen LogP contribution is 2.48. The molecule has 158 valence electrons. The molecule has 0 saturated heterocycles. The van der Waals surface area contributed by atoms with Gasteiger partial charge in [0.15, 0.2) is 0 Å². The summed E-state index contributed by atoms with van der Waals surface area (Å²) in [7, 11) is 5.75. The van der Waals surface area contributed by atoms with Gasteiger partial charge in [0.2, 0.25) is 6.23 Å². The Labute approximate surface area is 187 Å². The van der Waals surface area contributed by atoms with Crippen molar-refractivity contribution in [1.29, 1.82) is 0 Å². The van der Waals surface area contributed by atoms with Crippen molar-refractivity contribution in [3.63, 3.8) is 0 Å². The minimum atomic E-state index is -0.307. The van der Waals surface area contributed by atoms with E-state index in [0.717, 1.165) is 46.0 Å². The number of hydrogen-bond acceptors (Lipinski definition) is 5. The molecule has 0 amide bonds. The molecule has 31 heavy (non-hydrogen) atoms. The summed E-state index contributed by atoms with van der Waals surface area (Å²) in [6, 6.07) is 22.3. The summed E-state index contributed by atoms with van der Waals surface area (Å²) in [5.41, 5.74) is 5.33. The Morgan fingerprint density at radius 3 is 2.61 bits per heavy atom. The van der Waals surface area contributed by atoms with E-state index in [2.05, 4.69) is 40.2 Å². The molecule has 2 heterocycles. The predicted molar refractivity (Wildman–Crippen MR) is 124 cm³/mol. The fourth-order valence-corrected chi connectivity index (χ4v) is 4.37. The summed E-state index contributed by atoms with van der Waals surface area (Å²) in [6.45, 7) is 0. The number of rotatable bonds is 4. The van der Waals surface area contributed by atoms with Crippen LogP contribution in [0, 0.1) is 0 Å². The van der Waals surface area contributed by atoms with Crippen molar-refractivity contribution in [2.45, 2.75) is 18.7 Å². The Hall–Kier alpha value is -3.18. The fraction of sp³-hybridized carbons (Fsp3) is 0.240. The van der Waals surface area contributed by atoms with Crippen LogP contribution in [-0.2, 0) is 0 Å². The van der Waals surface area contributed by atoms with E-state index < -0.39 is 0 Å². The molecule has 0 bridgehead atoms. The van der Waals surface area contributed by atoms with Gasteiger partial charge in [-0.15, -0.1) is 0 Å². The minimum Gasteiger partial charge on any atom is -0.497 e. The van der Waals surface area contributed by atoms with Crippen molar-refractivity contribution in [2.75, 3.05) is 26.1 Å². The second-order valence-corrected chi connectivity index (χ2v) is 8.45. The summed E-state index contributed by atoms with van der Waals surface area (Å²) >= 11 is 6.33. The van der Waals surface area contributed by atoms with Crippen molar-refractivity contribution in [2.24, 2.45) is 5.10 Å². The van der Waals surface area contributed by atoms with Crippen LogP contribution in [0.15, 0.2) is 71.8 Å². The third kappa shape index (κ3) is 3.59. The lowest BCUT2D eigenvalue weighted by atomic mass is 9.96. The average molecular weight is 434 g/mol. The number of benzene rings is 3. The summed E-state index contributed by atoms with van der Waals surface area (Å²) in [5.74, 6) is 1.68. The number of halogens is 1. The molecule has 0 radical (unpaired) electrons. The summed E-state index contributed by atoms with van der Waals surface area (Å²) < 4.78 is 11.8. The van der Waals surface area contributed by atoms with Crippen LogP contribution >= 0.6 is 11.6 Å². The van der Waals surface area contributed by atoms with Gasteiger partial charge in [-0.25, -0.2) is 5.01 Å². The van der Waals surface area contributed by atoms with Gasteiger partial charge in [-0.2, -0.15) is 5.10 Å². The molecule has 0 N–H and O–H groups in total. The lowest BCUT2D eigenvalue weighted by Crippen LogP contribution is -2.33. The van der Waals surface area contributed by atoms with Crippen molar-refractivity contribution in [3.05, 3.63) is 88.4 Å².